The third-order valence-corrected chi connectivity index (χ3v) is 4.17. The summed E-state index contributed by atoms with van der Waals surface area (Å²) < 4.78 is 25.7. The molecule has 0 radical (unpaired) electrons. The summed E-state index contributed by atoms with van der Waals surface area (Å²) in [6.45, 7) is 0.715. The monoisotopic (exact) mass is 355 g/mol. The van der Waals surface area contributed by atoms with Gasteiger partial charge in [0.2, 0.25) is 11.6 Å². The molecule has 6 nitrogen and oxygen atoms in total. The number of hydrogen-bond donors (Lipinski definition) is 1. The van der Waals surface area contributed by atoms with E-state index in [9.17, 15) is 23.2 Å². The van der Waals surface area contributed by atoms with Crippen LogP contribution in [0.4, 0.5) is 8.78 Å². The Kier molecular flexibility index (Phi) is 3.87. The number of likely N-dealkylation sites (tertiary alicyclic amines) is 1. The molecule has 2 heterocycles. The summed E-state index contributed by atoms with van der Waals surface area (Å²) in [6.07, 6.45) is 1.39. The number of halogens is 3. The summed E-state index contributed by atoms with van der Waals surface area (Å²) in [6, 6.07) is 2.44. The Balaban J connectivity index is 1.75. The van der Waals surface area contributed by atoms with Gasteiger partial charge in [-0.25, -0.2) is 0 Å². The van der Waals surface area contributed by atoms with E-state index in [0.29, 0.717) is 6.92 Å². The lowest BCUT2D eigenvalue weighted by molar-refractivity contribution is -0.144. The van der Waals surface area contributed by atoms with Gasteiger partial charge in [-0.1, -0.05) is 11.6 Å². The molecule has 1 aromatic rings. The Labute approximate surface area is 140 Å². The summed E-state index contributed by atoms with van der Waals surface area (Å²) in [5.74, 6) is -5.87. The Bertz CT molecular complexity index is 782. The zero-order chi connectivity index (χ0) is 17.6. The summed E-state index contributed by atoms with van der Waals surface area (Å²) in [4.78, 5) is 41.4. The highest BCUT2D eigenvalue weighted by Crippen LogP contribution is 2.31. The molecular formula is C15H12ClF2N3O3. The van der Waals surface area contributed by atoms with Gasteiger partial charge < -0.3 is 10.2 Å². The molecular weight excluding hydrogens is 344 g/mol. The van der Waals surface area contributed by atoms with Crippen molar-refractivity contribution in [3.05, 3.63) is 40.3 Å². The third kappa shape index (κ3) is 2.66. The van der Waals surface area contributed by atoms with Gasteiger partial charge in [0.25, 0.3) is 5.91 Å². The molecule has 1 N–H and O–H groups in total. The molecule has 9 heteroatoms. The lowest BCUT2D eigenvalue weighted by Gasteiger charge is -2.43. The zero-order valence-electron chi connectivity index (χ0n) is 12.5. The van der Waals surface area contributed by atoms with Gasteiger partial charge in [-0.2, -0.15) is 8.78 Å². The number of hydrogen-bond acceptors (Lipinski definition) is 5. The fourth-order valence-corrected chi connectivity index (χ4v) is 2.86. The lowest BCUT2D eigenvalue weighted by Crippen LogP contribution is -2.61. The maximum Gasteiger partial charge on any atom is 0.321 e. The summed E-state index contributed by atoms with van der Waals surface area (Å²) in [7, 11) is 0. The topological polar surface area (TPSA) is 79.4 Å². The van der Waals surface area contributed by atoms with Crippen LogP contribution in [0, 0.1) is 0 Å². The quantitative estimate of drug-likeness (QED) is 0.885. The number of fused-ring (bicyclic) bond motifs is 1. The first-order valence-electron chi connectivity index (χ1n) is 7.08. The molecule has 1 fully saturated rings. The molecule has 1 aromatic heterocycles. The lowest BCUT2D eigenvalue weighted by atomic mass is 9.94. The highest BCUT2D eigenvalue weighted by atomic mass is 35.5. The predicted molar refractivity (Wildman–Crippen MR) is 79.9 cm³/mol. The van der Waals surface area contributed by atoms with Crippen LogP contribution >= 0.6 is 11.6 Å². The summed E-state index contributed by atoms with van der Waals surface area (Å²) in [5.41, 5.74) is 0.128. The fraction of sp³-hybridized carbons (Fsp3) is 0.333. The average Bonchev–Trinajstić information content (AvgIpc) is 2.49. The number of aromatic nitrogens is 1. The molecule has 0 atom stereocenters. The van der Waals surface area contributed by atoms with Crippen molar-refractivity contribution in [3.63, 3.8) is 0 Å². The average molecular weight is 356 g/mol. The van der Waals surface area contributed by atoms with Gasteiger partial charge in [0.1, 0.15) is 16.4 Å². The molecule has 24 heavy (non-hydrogen) atoms. The number of rotatable bonds is 3. The molecule has 0 unspecified atom stereocenters. The smallest absolute Gasteiger partial charge is 0.321 e. The van der Waals surface area contributed by atoms with Crippen LogP contribution in [0.3, 0.4) is 0 Å². The molecule has 1 aliphatic carbocycles. The van der Waals surface area contributed by atoms with Gasteiger partial charge in [0, 0.05) is 26.2 Å². The van der Waals surface area contributed by atoms with Crippen molar-refractivity contribution in [2.75, 3.05) is 13.1 Å². The molecule has 126 valence electrons. The van der Waals surface area contributed by atoms with E-state index in [1.54, 1.807) is 0 Å². The molecule has 2 aliphatic rings. The SMILES string of the molecule is CC(F)(F)C(=O)NC1CN(C2=C(Cl)C(=O)c3cccnc3C2=O)C1. The van der Waals surface area contributed by atoms with E-state index in [1.165, 1.54) is 23.2 Å². The van der Waals surface area contributed by atoms with Crippen molar-refractivity contribution in [2.45, 2.75) is 18.9 Å². The fourth-order valence-electron chi connectivity index (χ4n) is 2.55. The standard InChI is InChI=1S/C15H12ClF2N3O3/c1-15(17,18)14(24)20-7-5-21(6-7)11-9(16)12(22)8-3-2-4-19-10(8)13(11)23/h2-4,7H,5-6H2,1H3,(H,20,24). The van der Waals surface area contributed by atoms with Crippen molar-refractivity contribution in [1.82, 2.24) is 15.2 Å². The van der Waals surface area contributed by atoms with Gasteiger partial charge in [-0.3, -0.25) is 19.4 Å². The van der Waals surface area contributed by atoms with Gasteiger partial charge >= 0.3 is 5.92 Å². The second kappa shape index (κ2) is 5.62. The zero-order valence-corrected chi connectivity index (χ0v) is 13.2. The Morgan fingerprint density at radius 1 is 1.38 bits per heavy atom. The first kappa shape index (κ1) is 16.5. The Morgan fingerprint density at radius 3 is 2.67 bits per heavy atom. The largest absolute Gasteiger partial charge is 0.363 e. The number of carbonyl (C=O) groups excluding carboxylic acids is 3. The highest BCUT2D eigenvalue weighted by Gasteiger charge is 2.42. The maximum atomic E-state index is 12.9. The number of pyridine rings is 1. The molecule has 0 saturated carbocycles. The number of nitrogens with zero attached hydrogens (tertiary/aromatic N) is 2. The van der Waals surface area contributed by atoms with Crippen molar-refractivity contribution < 1.29 is 23.2 Å². The van der Waals surface area contributed by atoms with E-state index in [-0.39, 0.29) is 35.1 Å². The van der Waals surface area contributed by atoms with E-state index in [2.05, 4.69) is 10.3 Å². The van der Waals surface area contributed by atoms with Crippen LogP contribution in [0.2, 0.25) is 0 Å². The molecule has 1 aliphatic heterocycles. The van der Waals surface area contributed by atoms with Gasteiger partial charge in [0.15, 0.2) is 0 Å². The van der Waals surface area contributed by atoms with E-state index in [0.717, 1.165) is 0 Å². The van der Waals surface area contributed by atoms with E-state index in [4.69, 9.17) is 11.6 Å². The first-order valence-corrected chi connectivity index (χ1v) is 7.46. The number of alkyl halides is 2. The molecule has 0 bridgehead atoms. The van der Waals surface area contributed by atoms with Crippen molar-refractivity contribution in [1.29, 1.82) is 0 Å². The Morgan fingerprint density at radius 2 is 2.04 bits per heavy atom. The van der Waals surface area contributed by atoms with Crippen LogP contribution in [-0.4, -0.2) is 52.4 Å². The van der Waals surface area contributed by atoms with Crippen LogP contribution < -0.4 is 5.32 Å². The first-order chi connectivity index (χ1) is 11.2. The van der Waals surface area contributed by atoms with Crippen LogP contribution in [-0.2, 0) is 4.79 Å². The highest BCUT2D eigenvalue weighted by molar-refractivity contribution is 6.49. The minimum Gasteiger partial charge on any atom is -0.363 e. The van der Waals surface area contributed by atoms with Crippen molar-refractivity contribution in [3.8, 4) is 0 Å². The molecule has 0 spiro atoms. The van der Waals surface area contributed by atoms with Crippen LogP contribution in [0.15, 0.2) is 29.1 Å². The summed E-state index contributed by atoms with van der Waals surface area (Å²) in [5, 5.41) is 1.95. The Hall–Kier alpha value is -2.35. The third-order valence-electron chi connectivity index (χ3n) is 3.82. The summed E-state index contributed by atoms with van der Waals surface area (Å²) >= 11 is 6.02. The number of Topliss-reactive ketones (excluding diaryl/α,β-unsaturated/α-hetero) is 2. The van der Waals surface area contributed by atoms with Crippen molar-refractivity contribution in [2.24, 2.45) is 0 Å². The van der Waals surface area contributed by atoms with Gasteiger partial charge in [0.05, 0.1) is 11.6 Å². The van der Waals surface area contributed by atoms with Crippen molar-refractivity contribution >= 4 is 29.1 Å². The number of ketones is 2. The number of allylic oxidation sites excluding steroid dienone is 2. The second-order valence-electron chi connectivity index (χ2n) is 5.68. The minimum absolute atomic E-state index is 0.00878. The van der Waals surface area contributed by atoms with Gasteiger partial charge in [-0.15, -0.1) is 0 Å². The van der Waals surface area contributed by atoms with Gasteiger partial charge in [-0.05, 0) is 12.1 Å². The molecule has 3 rings (SSSR count). The molecule has 0 aromatic carbocycles. The second-order valence-corrected chi connectivity index (χ2v) is 6.06. The van der Waals surface area contributed by atoms with E-state index in [1.807, 2.05) is 0 Å². The van der Waals surface area contributed by atoms with Crippen LogP contribution in [0.5, 0.6) is 0 Å². The molecule has 1 saturated heterocycles. The number of carbonyl (C=O) groups is 3. The van der Waals surface area contributed by atoms with Crippen LogP contribution in [0.25, 0.3) is 0 Å². The predicted octanol–water partition coefficient (Wildman–Crippen LogP) is 1.37. The molecule has 1 amide bonds. The van der Waals surface area contributed by atoms with Crippen LogP contribution in [0.1, 0.15) is 27.8 Å². The maximum absolute atomic E-state index is 12.9. The minimum atomic E-state index is -3.48. The normalized spacial score (nSPS) is 18.4. The van der Waals surface area contributed by atoms with E-state index >= 15 is 0 Å². The van der Waals surface area contributed by atoms with E-state index < -0.39 is 29.4 Å². The number of nitrogens with one attached hydrogen (secondary N) is 1. The number of amides is 1.